The van der Waals surface area contributed by atoms with Gasteiger partial charge in [-0.2, -0.15) is 0 Å². The van der Waals surface area contributed by atoms with Crippen molar-refractivity contribution >= 4 is 17.4 Å². The molecule has 2 aromatic heterocycles. The van der Waals surface area contributed by atoms with Gasteiger partial charge in [0, 0.05) is 18.2 Å². The Kier molecular flexibility index (Phi) is 4.58. The van der Waals surface area contributed by atoms with Gasteiger partial charge in [0.05, 0.1) is 12.8 Å². The number of benzene rings is 2. The number of fused-ring (bicyclic) bond motifs is 1. The second-order valence-corrected chi connectivity index (χ2v) is 6.18. The van der Waals surface area contributed by atoms with E-state index in [-0.39, 0.29) is 5.91 Å². The Balaban J connectivity index is 1.68. The molecule has 0 fully saturated rings. The Bertz CT molecular complexity index is 1070. The quantitative estimate of drug-likeness (QED) is 0.583. The molecule has 2 aromatic carbocycles. The van der Waals surface area contributed by atoms with E-state index in [0.29, 0.717) is 23.6 Å². The lowest BCUT2D eigenvalue weighted by Crippen LogP contribution is -2.14. The van der Waals surface area contributed by atoms with Crippen molar-refractivity contribution in [1.82, 2.24) is 9.38 Å². The van der Waals surface area contributed by atoms with Crippen LogP contribution in [0, 0.1) is 0 Å². The minimum atomic E-state index is -0.183. The van der Waals surface area contributed by atoms with E-state index in [9.17, 15) is 4.79 Å². The fraction of sp³-hybridized carbons (Fsp3) is 0.0909. The predicted molar refractivity (Wildman–Crippen MR) is 105 cm³/mol. The van der Waals surface area contributed by atoms with Crippen molar-refractivity contribution in [3.63, 3.8) is 0 Å². The summed E-state index contributed by atoms with van der Waals surface area (Å²) in [5.41, 5.74) is 3.33. The average Bonchev–Trinajstić information content (AvgIpc) is 3.06. The number of methoxy groups -OCH3 is 1. The fourth-order valence-electron chi connectivity index (χ4n) is 3.01. The molecule has 0 aliphatic carbocycles. The molecule has 0 aliphatic heterocycles. The number of hydrogen-bond donors (Lipinski definition) is 1. The van der Waals surface area contributed by atoms with Crippen molar-refractivity contribution in [2.75, 3.05) is 12.4 Å². The summed E-state index contributed by atoms with van der Waals surface area (Å²) < 4.78 is 7.05. The van der Waals surface area contributed by atoms with Gasteiger partial charge in [-0.1, -0.05) is 36.4 Å². The largest absolute Gasteiger partial charge is 0.497 e. The third kappa shape index (κ3) is 3.53. The fourth-order valence-corrected chi connectivity index (χ4v) is 3.01. The van der Waals surface area contributed by atoms with Crippen LogP contribution in [0.15, 0.2) is 79.0 Å². The maximum Gasteiger partial charge on any atom is 0.256 e. The average molecular weight is 357 g/mol. The van der Waals surface area contributed by atoms with E-state index < -0.39 is 0 Å². The molecular weight excluding hydrogens is 338 g/mol. The second kappa shape index (κ2) is 7.33. The van der Waals surface area contributed by atoms with Gasteiger partial charge in [-0.05, 0) is 42.0 Å². The molecule has 4 rings (SSSR count). The van der Waals surface area contributed by atoms with E-state index in [1.807, 2.05) is 47.0 Å². The molecule has 0 spiro atoms. The van der Waals surface area contributed by atoms with Crippen molar-refractivity contribution < 1.29 is 9.53 Å². The Morgan fingerprint density at radius 3 is 2.48 bits per heavy atom. The van der Waals surface area contributed by atoms with E-state index in [2.05, 4.69) is 17.4 Å². The first-order chi connectivity index (χ1) is 13.2. The SMILES string of the molecule is COc1ccc(C(=O)Nc2c(Cc3ccccc3)nc3ccccn23)cc1. The summed E-state index contributed by atoms with van der Waals surface area (Å²) in [5.74, 6) is 1.22. The van der Waals surface area contributed by atoms with Crippen LogP contribution in [-0.4, -0.2) is 22.4 Å². The monoisotopic (exact) mass is 357 g/mol. The summed E-state index contributed by atoms with van der Waals surface area (Å²) in [6, 6.07) is 22.9. The highest BCUT2D eigenvalue weighted by Crippen LogP contribution is 2.22. The molecule has 27 heavy (non-hydrogen) atoms. The minimum Gasteiger partial charge on any atom is -0.497 e. The van der Waals surface area contributed by atoms with Crippen LogP contribution in [0.3, 0.4) is 0 Å². The second-order valence-electron chi connectivity index (χ2n) is 6.18. The topological polar surface area (TPSA) is 55.6 Å². The van der Waals surface area contributed by atoms with Crippen LogP contribution in [0.5, 0.6) is 5.75 Å². The highest BCUT2D eigenvalue weighted by Gasteiger charge is 2.16. The van der Waals surface area contributed by atoms with Crippen molar-refractivity contribution in [1.29, 1.82) is 0 Å². The molecule has 0 saturated heterocycles. The van der Waals surface area contributed by atoms with Gasteiger partial charge in [0.15, 0.2) is 0 Å². The molecular formula is C22H19N3O2. The van der Waals surface area contributed by atoms with Gasteiger partial charge >= 0.3 is 0 Å². The lowest BCUT2D eigenvalue weighted by Gasteiger charge is -2.08. The van der Waals surface area contributed by atoms with Gasteiger partial charge in [-0.3, -0.25) is 9.20 Å². The Labute approximate surface area is 157 Å². The summed E-state index contributed by atoms with van der Waals surface area (Å²) in [6.45, 7) is 0. The van der Waals surface area contributed by atoms with Crippen LogP contribution >= 0.6 is 0 Å². The van der Waals surface area contributed by atoms with E-state index in [0.717, 1.165) is 16.9 Å². The Morgan fingerprint density at radius 1 is 1.00 bits per heavy atom. The van der Waals surface area contributed by atoms with Crippen LogP contribution in [0.4, 0.5) is 5.82 Å². The number of ether oxygens (including phenoxy) is 1. The standard InChI is InChI=1S/C22H19N3O2/c1-27-18-12-10-17(11-13-18)22(26)24-21-19(15-16-7-3-2-4-8-16)23-20-9-5-6-14-25(20)21/h2-14H,15H2,1H3,(H,24,26). The zero-order valence-electron chi connectivity index (χ0n) is 14.9. The van der Waals surface area contributed by atoms with Gasteiger partial charge < -0.3 is 10.1 Å². The Morgan fingerprint density at radius 2 is 1.74 bits per heavy atom. The first-order valence-electron chi connectivity index (χ1n) is 8.70. The summed E-state index contributed by atoms with van der Waals surface area (Å²) in [6.07, 6.45) is 2.54. The third-order valence-corrected chi connectivity index (χ3v) is 4.40. The number of imidazole rings is 1. The van der Waals surface area contributed by atoms with Crippen LogP contribution in [-0.2, 0) is 6.42 Å². The van der Waals surface area contributed by atoms with Gasteiger partial charge in [-0.15, -0.1) is 0 Å². The van der Waals surface area contributed by atoms with Crippen molar-refractivity contribution in [2.45, 2.75) is 6.42 Å². The lowest BCUT2D eigenvalue weighted by atomic mass is 10.1. The molecule has 1 amide bonds. The van der Waals surface area contributed by atoms with E-state index >= 15 is 0 Å². The molecule has 5 nitrogen and oxygen atoms in total. The minimum absolute atomic E-state index is 0.183. The number of anilines is 1. The number of nitrogens with one attached hydrogen (secondary N) is 1. The first kappa shape index (κ1) is 16.8. The van der Waals surface area contributed by atoms with Gasteiger partial charge in [0.2, 0.25) is 0 Å². The first-order valence-corrected chi connectivity index (χ1v) is 8.70. The highest BCUT2D eigenvalue weighted by molar-refractivity contribution is 6.04. The van der Waals surface area contributed by atoms with Crippen LogP contribution in [0.25, 0.3) is 5.65 Å². The molecule has 2 heterocycles. The van der Waals surface area contributed by atoms with E-state index in [4.69, 9.17) is 9.72 Å². The van der Waals surface area contributed by atoms with E-state index in [1.165, 1.54) is 0 Å². The summed E-state index contributed by atoms with van der Waals surface area (Å²) in [5, 5.41) is 3.03. The molecule has 5 heteroatoms. The summed E-state index contributed by atoms with van der Waals surface area (Å²) in [4.78, 5) is 17.5. The number of pyridine rings is 1. The van der Waals surface area contributed by atoms with Crippen molar-refractivity contribution in [3.8, 4) is 5.75 Å². The maximum absolute atomic E-state index is 12.8. The van der Waals surface area contributed by atoms with Gasteiger partial charge in [0.1, 0.15) is 17.2 Å². The van der Waals surface area contributed by atoms with Crippen LogP contribution in [0.1, 0.15) is 21.6 Å². The van der Waals surface area contributed by atoms with E-state index in [1.54, 1.807) is 31.4 Å². The molecule has 0 radical (unpaired) electrons. The molecule has 0 saturated carbocycles. The number of nitrogens with zero attached hydrogens (tertiary/aromatic N) is 2. The maximum atomic E-state index is 12.8. The number of rotatable bonds is 5. The number of carbonyl (C=O) groups is 1. The Hall–Kier alpha value is -3.60. The molecule has 4 aromatic rings. The number of aromatic nitrogens is 2. The molecule has 0 aliphatic rings. The molecule has 0 atom stereocenters. The summed E-state index contributed by atoms with van der Waals surface area (Å²) in [7, 11) is 1.60. The van der Waals surface area contributed by atoms with Crippen LogP contribution in [0.2, 0.25) is 0 Å². The van der Waals surface area contributed by atoms with Gasteiger partial charge in [0.25, 0.3) is 5.91 Å². The normalized spacial score (nSPS) is 10.7. The van der Waals surface area contributed by atoms with Crippen molar-refractivity contribution in [2.24, 2.45) is 0 Å². The molecule has 0 bridgehead atoms. The van der Waals surface area contributed by atoms with Crippen LogP contribution < -0.4 is 10.1 Å². The lowest BCUT2D eigenvalue weighted by molar-refractivity contribution is 0.102. The number of hydrogen-bond acceptors (Lipinski definition) is 3. The predicted octanol–water partition coefficient (Wildman–Crippen LogP) is 4.19. The third-order valence-electron chi connectivity index (χ3n) is 4.40. The molecule has 1 N–H and O–H groups in total. The molecule has 134 valence electrons. The zero-order valence-corrected chi connectivity index (χ0v) is 14.9. The van der Waals surface area contributed by atoms with Crippen molar-refractivity contribution in [3.05, 3.63) is 95.8 Å². The van der Waals surface area contributed by atoms with Gasteiger partial charge in [-0.25, -0.2) is 4.98 Å². The summed E-state index contributed by atoms with van der Waals surface area (Å²) >= 11 is 0. The smallest absolute Gasteiger partial charge is 0.256 e. The zero-order chi connectivity index (χ0) is 18.6. The molecule has 0 unspecified atom stereocenters. The number of carbonyl (C=O) groups excluding carboxylic acids is 1. The highest BCUT2D eigenvalue weighted by atomic mass is 16.5. The number of amides is 1.